The quantitative estimate of drug-likeness (QED) is 0.109. The molecule has 0 amide bonds. The van der Waals surface area contributed by atoms with Gasteiger partial charge in [-0.1, -0.05) is 0 Å². The molecule has 0 saturated carbocycles. The number of imidazole rings is 2. The Labute approximate surface area is 214 Å². The van der Waals surface area contributed by atoms with Crippen LogP contribution in [0, 0.1) is 0 Å². The number of hydrogen-bond donors (Lipinski definition) is 8. The molecule has 23 heteroatoms. The summed E-state index contributed by atoms with van der Waals surface area (Å²) < 4.78 is 45.3. The van der Waals surface area contributed by atoms with Gasteiger partial charge in [0.2, 0.25) is 10.2 Å². The molecule has 2 rings (SSSR count). The Kier molecular flexibility index (Phi) is 11.6. The van der Waals surface area contributed by atoms with Crippen LogP contribution in [0.2, 0.25) is 0 Å². The zero-order valence-corrected chi connectivity index (χ0v) is 22.0. The van der Waals surface area contributed by atoms with E-state index < -0.39 is 53.6 Å². The number of rotatable bonds is 8. The number of aromatic nitrogens is 4. The van der Waals surface area contributed by atoms with Crippen molar-refractivity contribution in [3.8, 4) is 0 Å². The molecule has 33 heavy (non-hydrogen) atoms. The van der Waals surface area contributed by atoms with Gasteiger partial charge in [0.1, 0.15) is 0 Å². The van der Waals surface area contributed by atoms with Gasteiger partial charge in [-0.3, -0.25) is 9.13 Å². The molecule has 0 saturated heterocycles. The standard InChI is InChI=1S/2C5H10N2O7P2.Ca/c2*8-5(15(9,10)11,16(12,13)14)3-7-2-1-6-4-7;/h2*1-2,4,8H,3H2,(H2,9,10,11)(H2,12,13,14);/q;;+2/p-2. The first-order valence-corrected chi connectivity index (χ1v) is 14.1. The molecule has 0 bridgehead atoms. The van der Waals surface area contributed by atoms with E-state index >= 15 is 0 Å². The summed E-state index contributed by atoms with van der Waals surface area (Å²) in [5.74, 6) is 0. The number of nitrogens with zero attached hydrogens (tertiary/aromatic N) is 4. The van der Waals surface area contributed by atoms with E-state index in [1.54, 1.807) is 0 Å². The maximum Gasteiger partial charge on any atom is 2.00 e. The molecule has 8 N–H and O–H groups in total. The summed E-state index contributed by atoms with van der Waals surface area (Å²) >= 11 is 0. The fourth-order valence-corrected chi connectivity index (χ4v) is 5.96. The second-order valence-electron chi connectivity index (χ2n) is 6.15. The van der Waals surface area contributed by atoms with Crippen molar-refractivity contribution in [2.45, 2.75) is 23.3 Å². The van der Waals surface area contributed by atoms with Crippen molar-refractivity contribution < 1.29 is 67.6 Å². The van der Waals surface area contributed by atoms with Crippen LogP contribution in [0.4, 0.5) is 0 Å². The van der Waals surface area contributed by atoms with E-state index in [2.05, 4.69) is 9.97 Å². The zero-order chi connectivity index (χ0) is 25.2. The van der Waals surface area contributed by atoms with Crippen LogP contribution in [-0.2, 0) is 31.3 Å². The second-order valence-corrected chi connectivity index (χ2v) is 14.1. The van der Waals surface area contributed by atoms with E-state index in [-0.39, 0.29) is 37.7 Å². The minimum absolute atomic E-state index is 0. The maximum absolute atomic E-state index is 10.9. The van der Waals surface area contributed by atoms with Gasteiger partial charge in [0.05, 0.1) is 25.7 Å². The molecule has 0 aliphatic rings. The third-order valence-electron chi connectivity index (χ3n) is 3.75. The molecule has 0 aliphatic heterocycles. The molecule has 0 aliphatic carbocycles. The van der Waals surface area contributed by atoms with Gasteiger partial charge >= 0.3 is 52.9 Å². The first-order chi connectivity index (χ1) is 14.2. The molecule has 4 unspecified atom stereocenters. The molecule has 0 aromatic carbocycles. The van der Waals surface area contributed by atoms with Gasteiger partial charge in [-0.2, -0.15) is 0 Å². The van der Waals surface area contributed by atoms with Crippen LogP contribution in [0.5, 0.6) is 0 Å². The monoisotopic (exact) mass is 582 g/mol. The van der Waals surface area contributed by atoms with Crippen molar-refractivity contribution >= 4 is 68.1 Å². The van der Waals surface area contributed by atoms with Gasteiger partial charge in [-0.25, -0.2) is 9.97 Å². The van der Waals surface area contributed by atoms with E-state index in [0.717, 1.165) is 21.8 Å². The Morgan fingerprint density at radius 3 is 1.12 bits per heavy atom. The molecule has 2 heterocycles. The Bertz CT molecular complexity index is 939. The second kappa shape index (κ2) is 11.5. The average Bonchev–Trinajstić information content (AvgIpc) is 3.25. The Balaban J connectivity index is 0.000000602. The third kappa shape index (κ3) is 8.10. The Morgan fingerprint density at radius 1 is 0.697 bits per heavy atom. The van der Waals surface area contributed by atoms with Gasteiger partial charge < -0.3 is 67.6 Å². The molecule has 0 radical (unpaired) electrons. The normalized spacial score (nSPS) is 19.5. The van der Waals surface area contributed by atoms with Crippen molar-refractivity contribution in [1.29, 1.82) is 0 Å². The topological polar surface area (TPSA) is 312 Å². The first kappa shape index (κ1) is 33.2. The molecule has 2 aromatic rings. The van der Waals surface area contributed by atoms with Crippen LogP contribution in [0.15, 0.2) is 37.4 Å². The van der Waals surface area contributed by atoms with E-state index in [1.807, 2.05) is 0 Å². The predicted octanol–water partition coefficient (Wildman–Crippen LogP) is -3.88. The summed E-state index contributed by atoms with van der Waals surface area (Å²) in [5, 5.41) is 11.7. The largest absolute Gasteiger partial charge is 2.00 e. The first-order valence-electron chi connectivity index (χ1n) is 7.71. The molecule has 0 fully saturated rings. The van der Waals surface area contributed by atoms with E-state index in [0.29, 0.717) is 0 Å². The van der Waals surface area contributed by atoms with E-state index in [4.69, 9.17) is 29.4 Å². The third-order valence-corrected chi connectivity index (χ3v) is 11.1. The molecular weight excluding hydrogens is 564 g/mol. The molecular formula is C10H18CaN4O14P4. The van der Waals surface area contributed by atoms with Gasteiger partial charge in [0.25, 0.3) is 0 Å². The fraction of sp³-hybridized carbons (Fsp3) is 0.400. The minimum Gasteiger partial charge on any atom is -0.776 e. The summed E-state index contributed by atoms with van der Waals surface area (Å²) in [6.07, 6.45) is 6.86. The number of hydrogen-bond acceptors (Lipinski definition) is 10. The SMILES string of the molecule is O=P([O-])(O)C(O)(Cn1ccnc1)P(=O)(O)O.O=P([O-])(O)C(O)(Cn1ccnc1)P(=O)(O)O.[Ca+2]. The number of aliphatic hydroxyl groups is 2. The van der Waals surface area contributed by atoms with Crippen molar-refractivity contribution in [3.63, 3.8) is 0 Å². The summed E-state index contributed by atoms with van der Waals surface area (Å²) in [5.41, 5.74) is 0. The van der Waals surface area contributed by atoms with E-state index in [9.17, 15) is 38.3 Å². The van der Waals surface area contributed by atoms with Crippen LogP contribution < -0.4 is 9.79 Å². The molecule has 184 valence electrons. The minimum atomic E-state index is -5.66. The maximum atomic E-state index is 10.9. The summed E-state index contributed by atoms with van der Waals surface area (Å²) in [6.45, 7) is -2.04. The van der Waals surface area contributed by atoms with Crippen LogP contribution >= 0.6 is 30.4 Å². The Morgan fingerprint density at radius 2 is 0.970 bits per heavy atom. The van der Waals surface area contributed by atoms with Gasteiger partial charge in [-0.15, -0.1) is 0 Å². The Hall–Kier alpha value is 0.200. The van der Waals surface area contributed by atoms with Gasteiger partial charge in [0, 0.05) is 24.8 Å². The predicted molar refractivity (Wildman–Crippen MR) is 104 cm³/mol. The van der Waals surface area contributed by atoms with Gasteiger partial charge in [0.15, 0.2) is 15.2 Å². The summed E-state index contributed by atoms with van der Waals surface area (Å²) in [6, 6.07) is 0. The van der Waals surface area contributed by atoms with Gasteiger partial charge in [-0.05, 0) is 0 Å². The van der Waals surface area contributed by atoms with E-state index in [1.165, 1.54) is 24.8 Å². The van der Waals surface area contributed by atoms with Crippen molar-refractivity contribution in [2.24, 2.45) is 0 Å². The zero-order valence-electron chi connectivity index (χ0n) is 16.2. The molecule has 2 aromatic heterocycles. The molecule has 18 nitrogen and oxygen atoms in total. The molecule has 0 spiro atoms. The molecule has 4 atom stereocenters. The van der Waals surface area contributed by atoms with Crippen LogP contribution in [0.3, 0.4) is 0 Å². The smallest absolute Gasteiger partial charge is 0.776 e. The van der Waals surface area contributed by atoms with Crippen molar-refractivity contribution in [1.82, 2.24) is 19.1 Å². The van der Waals surface area contributed by atoms with Crippen LogP contribution in [-0.4, -0.2) is 107 Å². The van der Waals surface area contributed by atoms with Crippen molar-refractivity contribution in [3.05, 3.63) is 37.4 Å². The van der Waals surface area contributed by atoms with Crippen LogP contribution in [0.25, 0.3) is 0 Å². The fourth-order valence-electron chi connectivity index (χ4n) is 1.94. The average molecular weight is 582 g/mol. The summed E-state index contributed by atoms with van der Waals surface area (Å²) in [7, 11) is -22.3. The van der Waals surface area contributed by atoms with Crippen LogP contribution in [0.1, 0.15) is 0 Å². The van der Waals surface area contributed by atoms with Crippen molar-refractivity contribution in [2.75, 3.05) is 0 Å². The summed E-state index contributed by atoms with van der Waals surface area (Å²) in [4.78, 5) is 81.1.